The summed E-state index contributed by atoms with van der Waals surface area (Å²) in [5.74, 6) is 0.0583. The van der Waals surface area contributed by atoms with Gasteiger partial charge in [-0.1, -0.05) is 23.9 Å². The molecule has 0 saturated carbocycles. The molecule has 0 fully saturated rings. The zero-order valence-corrected chi connectivity index (χ0v) is 17.3. The van der Waals surface area contributed by atoms with Crippen molar-refractivity contribution >= 4 is 29.1 Å². The lowest BCUT2D eigenvalue weighted by atomic mass is 9.79. The van der Waals surface area contributed by atoms with E-state index in [9.17, 15) is 14.9 Å². The standard InChI is InChI=1S/C23H21N3O3S/c1-14-5-2-6-15(11-14)25-20(28)13-30-23-16(12-24)21(19-9-4-10-29-19)22-17(26-23)7-3-8-18(22)27/h2,4-6,9-11,21,26H,3,7-8,13H2,1H3,(H,25,28)/t21-/m0/s1. The molecule has 1 aliphatic carbocycles. The fraction of sp³-hybridized carbons (Fsp3) is 0.261. The average molecular weight is 420 g/mol. The fourth-order valence-electron chi connectivity index (χ4n) is 3.84. The van der Waals surface area contributed by atoms with Crippen molar-refractivity contribution in [2.75, 3.05) is 11.1 Å². The summed E-state index contributed by atoms with van der Waals surface area (Å²) in [6.45, 7) is 1.96. The van der Waals surface area contributed by atoms with Gasteiger partial charge in [-0.2, -0.15) is 5.26 Å². The minimum absolute atomic E-state index is 0.0409. The topological polar surface area (TPSA) is 95.1 Å². The predicted molar refractivity (Wildman–Crippen MR) is 115 cm³/mol. The number of allylic oxidation sites excluding steroid dienone is 3. The molecule has 7 heteroatoms. The molecule has 0 unspecified atom stereocenters. The van der Waals surface area contributed by atoms with Crippen molar-refractivity contribution in [3.8, 4) is 6.07 Å². The maximum atomic E-state index is 12.7. The van der Waals surface area contributed by atoms with Crippen molar-refractivity contribution in [3.05, 3.63) is 75.9 Å². The molecule has 2 aliphatic rings. The van der Waals surface area contributed by atoms with E-state index >= 15 is 0 Å². The van der Waals surface area contributed by atoms with Crippen LogP contribution in [-0.2, 0) is 9.59 Å². The summed E-state index contributed by atoms with van der Waals surface area (Å²) in [7, 11) is 0. The maximum Gasteiger partial charge on any atom is 0.234 e. The van der Waals surface area contributed by atoms with Crippen molar-refractivity contribution in [2.24, 2.45) is 0 Å². The van der Waals surface area contributed by atoms with E-state index in [1.54, 1.807) is 18.4 Å². The summed E-state index contributed by atoms with van der Waals surface area (Å²) in [5.41, 5.74) is 3.65. The molecule has 2 heterocycles. The minimum atomic E-state index is -0.531. The number of carbonyl (C=O) groups excluding carboxylic acids is 2. The first-order valence-corrected chi connectivity index (χ1v) is 10.8. The van der Waals surface area contributed by atoms with E-state index in [2.05, 4.69) is 16.7 Å². The third kappa shape index (κ3) is 4.05. The lowest BCUT2D eigenvalue weighted by Crippen LogP contribution is -2.31. The number of nitrogens with one attached hydrogen (secondary N) is 2. The van der Waals surface area contributed by atoms with E-state index in [-0.39, 0.29) is 17.4 Å². The van der Waals surface area contributed by atoms with Gasteiger partial charge in [0.1, 0.15) is 5.76 Å². The van der Waals surface area contributed by atoms with Gasteiger partial charge in [-0.25, -0.2) is 0 Å². The van der Waals surface area contributed by atoms with E-state index in [0.717, 1.165) is 29.8 Å². The number of hydrogen-bond donors (Lipinski definition) is 2. The summed E-state index contributed by atoms with van der Waals surface area (Å²) in [6.07, 6.45) is 3.51. The lowest BCUT2D eigenvalue weighted by Gasteiger charge is -2.32. The molecule has 152 valence electrons. The molecule has 2 N–H and O–H groups in total. The third-order valence-electron chi connectivity index (χ3n) is 5.14. The molecule has 2 aromatic rings. The number of Topliss-reactive ketones (excluding diaryl/α,β-unsaturated/α-hetero) is 1. The first kappa shape index (κ1) is 20.0. The molecule has 1 aromatic carbocycles. The van der Waals surface area contributed by atoms with Crippen LogP contribution < -0.4 is 10.6 Å². The molecule has 0 spiro atoms. The van der Waals surface area contributed by atoms with Crippen molar-refractivity contribution in [1.82, 2.24) is 5.32 Å². The maximum absolute atomic E-state index is 12.7. The van der Waals surface area contributed by atoms with E-state index in [1.165, 1.54) is 11.8 Å². The number of nitriles is 1. The molecular formula is C23H21N3O3S. The van der Waals surface area contributed by atoms with Crippen LogP contribution in [0.3, 0.4) is 0 Å². The number of carbonyl (C=O) groups is 2. The second-order valence-electron chi connectivity index (χ2n) is 7.30. The summed E-state index contributed by atoms with van der Waals surface area (Å²) in [4.78, 5) is 25.1. The molecule has 6 nitrogen and oxygen atoms in total. The Balaban J connectivity index is 1.57. The van der Waals surface area contributed by atoms with E-state index in [4.69, 9.17) is 4.42 Å². The van der Waals surface area contributed by atoms with Crippen LogP contribution in [0.2, 0.25) is 0 Å². The number of ketones is 1. The molecule has 0 saturated heterocycles. The minimum Gasteiger partial charge on any atom is -0.468 e. The van der Waals surface area contributed by atoms with Crippen molar-refractivity contribution in [2.45, 2.75) is 32.1 Å². The largest absolute Gasteiger partial charge is 0.468 e. The first-order valence-electron chi connectivity index (χ1n) is 9.77. The Labute approximate surface area is 179 Å². The Morgan fingerprint density at radius 3 is 2.93 bits per heavy atom. The number of aryl methyl sites for hydroxylation is 1. The molecular weight excluding hydrogens is 398 g/mol. The highest BCUT2D eigenvalue weighted by Crippen LogP contribution is 2.44. The lowest BCUT2D eigenvalue weighted by molar-refractivity contribution is -0.116. The second-order valence-corrected chi connectivity index (χ2v) is 8.29. The van der Waals surface area contributed by atoms with Gasteiger partial charge in [0.25, 0.3) is 0 Å². The van der Waals surface area contributed by atoms with Crippen molar-refractivity contribution in [3.63, 3.8) is 0 Å². The Bertz CT molecular complexity index is 1090. The number of rotatable bonds is 5. The summed E-state index contributed by atoms with van der Waals surface area (Å²) in [6, 6.07) is 13.4. The van der Waals surface area contributed by atoms with Gasteiger partial charge in [0, 0.05) is 23.4 Å². The molecule has 1 amide bonds. The number of anilines is 1. The van der Waals surface area contributed by atoms with Crippen molar-refractivity contribution in [1.29, 1.82) is 5.26 Å². The first-order chi connectivity index (χ1) is 14.6. The van der Waals surface area contributed by atoms with Gasteiger partial charge in [0.05, 0.1) is 34.6 Å². The highest BCUT2D eigenvalue weighted by atomic mass is 32.2. The fourth-order valence-corrected chi connectivity index (χ4v) is 4.70. The van der Waals surface area contributed by atoms with Crippen LogP contribution in [0.15, 0.2) is 69.0 Å². The monoisotopic (exact) mass is 419 g/mol. The van der Waals surface area contributed by atoms with Crippen LogP contribution in [0.5, 0.6) is 0 Å². The van der Waals surface area contributed by atoms with E-state index in [0.29, 0.717) is 28.4 Å². The highest BCUT2D eigenvalue weighted by molar-refractivity contribution is 8.03. The molecule has 0 bridgehead atoms. The molecule has 4 rings (SSSR count). The summed E-state index contributed by atoms with van der Waals surface area (Å²) in [5, 5.41) is 16.6. The quantitative estimate of drug-likeness (QED) is 0.746. The molecule has 30 heavy (non-hydrogen) atoms. The van der Waals surface area contributed by atoms with E-state index in [1.807, 2.05) is 31.2 Å². The molecule has 1 aliphatic heterocycles. The SMILES string of the molecule is Cc1cccc(NC(=O)CSC2=C(C#N)[C@@H](c3ccco3)C3=C(CCCC3=O)N2)c1. The number of benzene rings is 1. The number of amides is 1. The molecule has 0 radical (unpaired) electrons. The third-order valence-corrected chi connectivity index (χ3v) is 6.16. The number of thioether (sulfide) groups is 1. The van der Waals surface area contributed by atoms with Crippen LogP contribution in [0.4, 0.5) is 5.69 Å². The van der Waals surface area contributed by atoms with Crippen LogP contribution >= 0.6 is 11.8 Å². The van der Waals surface area contributed by atoms with Gasteiger partial charge in [-0.15, -0.1) is 0 Å². The van der Waals surface area contributed by atoms with Gasteiger partial charge >= 0.3 is 0 Å². The van der Waals surface area contributed by atoms with Crippen LogP contribution in [0, 0.1) is 18.3 Å². The Morgan fingerprint density at radius 2 is 2.20 bits per heavy atom. The number of dihydropyridines is 1. The van der Waals surface area contributed by atoms with Gasteiger partial charge in [-0.05, 0) is 49.6 Å². The zero-order chi connectivity index (χ0) is 21.1. The van der Waals surface area contributed by atoms with E-state index < -0.39 is 5.92 Å². The Kier molecular flexibility index (Phi) is 5.77. The van der Waals surface area contributed by atoms with Gasteiger partial charge in [0.15, 0.2) is 5.78 Å². The molecule has 1 aromatic heterocycles. The Morgan fingerprint density at radius 1 is 1.33 bits per heavy atom. The second kappa shape index (κ2) is 8.64. The number of nitrogens with zero attached hydrogens (tertiary/aromatic N) is 1. The van der Waals surface area contributed by atoms with Crippen LogP contribution in [0.1, 0.15) is 36.5 Å². The predicted octanol–water partition coefficient (Wildman–Crippen LogP) is 4.39. The summed E-state index contributed by atoms with van der Waals surface area (Å²) >= 11 is 1.27. The number of hydrogen-bond acceptors (Lipinski definition) is 6. The van der Waals surface area contributed by atoms with Gasteiger partial charge in [0.2, 0.25) is 5.91 Å². The van der Waals surface area contributed by atoms with Crippen LogP contribution in [-0.4, -0.2) is 17.4 Å². The molecule has 1 atom stereocenters. The van der Waals surface area contributed by atoms with Gasteiger partial charge < -0.3 is 15.1 Å². The number of furan rings is 1. The Hall–Kier alpha value is -3.24. The van der Waals surface area contributed by atoms with Gasteiger partial charge in [-0.3, -0.25) is 9.59 Å². The van der Waals surface area contributed by atoms with Crippen LogP contribution in [0.25, 0.3) is 0 Å². The highest BCUT2D eigenvalue weighted by Gasteiger charge is 2.38. The summed E-state index contributed by atoms with van der Waals surface area (Å²) < 4.78 is 5.58. The zero-order valence-electron chi connectivity index (χ0n) is 16.5. The smallest absolute Gasteiger partial charge is 0.234 e. The normalized spacial score (nSPS) is 18.5. The van der Waals surface area contributed by atoms with Crippen molar-refractivity contribution < 1.29 is 14.0 Å². The average Bonchev–Trinajstić information content (AvgIpc) is 3.26.